The second kappa shape index (κ2) is 9.91. The van der Waals surface area contributed by atoms with Gasteiger partial charge in [-0.3, -0.25) is 9.69 Å². The maximum absolute atomic E-state index is 12.7. The molecule has 1 amide bonds. The molecule has 1 heterocycles. The Morgan fingerprint density at radius 2 is 1.96 bits per heavy atom. The summed E-state index contributed by atoms with van der Waals surface area (Å²) >= 11 is 6.29. The third kappa shape index (κ3) is 5.82. The monoisotopic (exact) mass is 384 g/mol. The molecule has 27 heavy (non-hydrogen) atoms. The van der Waals surface area contributed by atoms with Gasteiger partial charge in [-0.15, -0.1) is 0 Å². The molecule has 0 aliphatic carbocycles. The van der Waals surface area contributed by atoms with E-state index < -0.39 is 0 Å². The van der Waals surface area contributed by atoms with Gasteiger partial charge in [0.15, 0.2) is 0 Å². The van der Waals surface area contributed by atoms with Crippen LogP contribution < -0.4 is 5.32 Å². The molecule has 1 fully saturated rings. The van der Waals surface area contributed by atoms with Crippen molar-refractivity contribution < 1.29 is 4.79 Å². The summed E-state index contributed by atoms with van der Waals surface area (Å²) in [5.74, 6) is 0.154. The first kappa shape index (κ1) is 19.9. The van der Waals surface area contributed by atoms with Gasteiger partial charge in [-0.25, -0.2) is 0 Å². The van der Waals surface area contributed by atoms with E-state index in [0.29, 0.717) is 0 Å². The number of likely N-dealkylation sites (tertiary alicyclic amines) is 1. The van der Waals surface area contributed by atoms with E-state index in [-0.39, 0.29) is 11.8 Å². The lowest BCUT2D eigenvalue weighted by molar-refractivity contribution is -0.121. The summed E-state index contributed by atoms with van der Waals surface area (Å²) in [4.78, 5) is 15.1. The molecular formula is C23H29ClN2O. The Hall–Kier alpha value is -1.84. The Labute approximate surface area is 167 Å². The Balaban J connectivity index is 1.54. The van der Waals surface area contributed by atoms with Gasteiger partial charge >= 0.3 is 0 Å². The average Bonchev–Trinajstić information content (AvgIpc) is 2.69. The first-order chi connectivity index (χ1) is 13.2. The zero-order valence-corrected chi connectivity index (χ0v) is 16.8. The number of unbranched alkanes of at least 4 members (excludes halogenated alkanes) is 1. The highest BCUT2D eigenvalue weighted by Crippen LogP contribution is 2.23. The Kier molecular flexibility index (Phi) is 7.31. The molecule has 144 valence electrons. The second-order valence-corrected chi connectivity index (χ2v) is 7.86. The van der Waals surface area contributed by atoms with Crippen LogP contribution in [-0.4, -0.2) is 23.9 Å². The molecule has 0 radical (unpaired) electrons. The summed E-state index contributed by atoms with van der Waals surface area (Å²) in [5.41, 5.74) is 3.35. The summed E-state index contributed by atoms with van der Waals surface area (Å²) in [6.45, 7) is 4.80. The highest BCUT2D eigenvalue weighted by Gasteiger charge is 2.26. The van der Waals surface area contributed by atoms with Crippen molar-refractivity contribution in [1.29, 1.82) is 0 Å². The molecule has 1 N–H and O–H groups in total. The summed E-state index contributed by atoms with van der Waals surface area (Å²) in [6, 6.07) is 16.2. The number of amides is 1. The SMILES string of the molecule is CCCCc1ccc(NC(=O)[C@@H]2CCCN(Cc3ccccc3Cl)C2)cc1. The number of aryl methyl sites for hydroxylation is 1. The highest BCUT2D eigenvalue weighted by atomic mass is 35.5. The number of nitrogens with zero attached hydrogens (tertiary/aromatic N) is 1. The lowest BCUT2D eigenvalue weighted by Crippen LogP contribution is -2.40. The number of hydrogen-bond acceptors (Lipinski definition) is 2. The van der Waals surface area contributed by atoms with Gasteiger partial charge in [-0.2, -0.15) is 0 Å². The van der Waals surface area contributed by atoms with Crippen molar-refractivity contribution in [2.45, 2.75) is 45.6 Å². The van der Waals surface area contributed by atoms with Crippen LogP contribution in [0.5, 0.6) is 0 Å². The van der Waals surface area contributed by atoms with Crippen molar-refractivity contribution in [3.8, 4) is 0 Å². The smallest absolute Gasteiger partial charge is 0.228 e. The first-order valence-corrected chi connectivity index (χ1v) is 10.4. The molecule has 0 spiro atoms. The average molecular weight is 385 g/mol. The lowest BCUT2D eigenvalue weighted by atomic mass is 9.96. The quantitative estimate of drug-likeness (QED) is 0.680. The molecule has 1 atom stereocenters. The first-order valence-electron chi connectivity index (χ1n) is 10.0. The summed E-state index contributed by atoms with van der Waals surface area (Å²) in [7, 11) is 0. The topological polar surface area (TPSA) is 32.3 Å². The van der Waals surface area contributed by atoms with Gasteiger partial charge in [0, 0.05) is 23.8 Å². The van der Waals surface area contributed by atoms with Crippen LogP contribution in [0.2, 0.25) is 5.02 Å². The third-order valence-corrected chi connectivity index (χ3v) is 5.64. The highest BCUT2D eigenvalue weighted by molar-refractivity contribution is 6.31. The van der Waals surface area contributed by atoms with E-state index in [4.69, 9.17) is 11.6 Å². The minimum Gasteiger partial charge on any atom is -0.326 e. The molecule has 1 aliphatic heterocycles. The van der Waals surface area contributed by atoms with E-state index in [9.17, 15) is 4.79 Å². The van der Waals surface area contributed by atoms with E-state index >= 15 is 0 Å². The zero-order chi connectivity index (χ0) is 19.1. The minimum atomic E-state index is 0.0287. The molecule has 1 saturated heterocycles. The van der Waals surface area contributed by atoms with Crippen LogP contribution >= 0.6 is 11.6 Å². The van der Waals surface area contributed by atoms with Gasteiger partial charge in [0.1, 0.15) is 0 Å². The van der Waals surface area contributed by atoms with E-state index in [2.05, 4.69) is 35.3 Å². The largest absolute Gasteiger partial charge is 0.326 e. The number of nitrogens with one attached hydrogen (secondary N) is 1. The molecular weight excluding hydrogens is 356 g/mol. The maximum atomic E-state index is 12.7. The zero-order valence-electron chi connectivity index (χ0n) is 16.1. The lowest BCUT2D eigenvalue weighted by Gasteiger charge is -2.32. The number of piperidine rings is 1. The predicted molar refractivity (Wildman–Crippen MR) is 113 cm³/mol. The van der Waals surface area contributed by atoms with Gasteiger partial charge in [-0.1, -0.05) is 55.3 Å². The fourth-order valence-electron chi connectivity index (χ4n) is 3.66. The molecule has 0 saturated carbocycles. The van der Waals surface area contributed by atoms with E-state index in [1.165, 1.54) is 18.4 Å². The number of hydrogen-bond donors (Lipinski definition) is 1. The van der Waals surface area contributed by atoms with Gasteiger partial charge in [0.25, 0.3) is 0 Å². The fraction of sp³-hybridized carbons (Fsp3) is 0.435. The van der Waals surface area contributed by atoms with Gasteiger partial charge in [-0.05, 0) is 61.6 Å². The fourth-order valence-corrected chi connectivity index (χ4v) is 3.86. The van der Waals surface area contributed by atoms with Crippen molar-refractivity contribution in [2.24, 2.45) is 5.92 Å². The van der Waals surface area contributed by atoms with Gasteiger partial charge in [0.05, 0.1) is 5.92 Å². The van der Waals surface area contributed by atoms with Gasteiger partial charge < -0.3 is 5.32 Å². The second-order valence-electron chi connectivity index (χ2n) is 7.46. The Morgan fingerprint density at radius 1 is 1.19 bits per heavy atom. The van der Waals surface area contributed by atoms with Gasteiger partial charge in [0.2, 0.25) is 5.91 Å². The summed E-state index contributed by atoms with van der Waals surface area (Å²) in [6.07, 6.45) is 5.49. The van der Waals surface area contributed by atoms with Crippen molar-refractivity contribution in [2.75, 3.05) is 18.4 Å². The van der Waals surface area contributed by atoms with E-state index in [0.717, 1.165) is 55.2 Å². The predicted octanol–water partition coefficient (Wildman–Crippen LogP) is 5.53. The molecule has 4 heteroatoms. The molecule has 0 aromatic heterocycles. The molecule has 3 nitrogen and oxygen atoms in total. The molecule has 0 bridgehead atoms. The molecule has 2 aromatic rings. The number of rotatable bonds is 7. The van der Waals surface area contributed by atoms with Crippen LogP contribution in [-0.2, 0) is 17.8 Å². The standard InChI is InChI=1S/C23H29ClN2O/c1-2-3-7-18-11-13-21(14-12-18)25-23(27)20-9-6-15-26(17-20)16-19-8-4-5-10-22(19)24/h4-5,8,10-14,20H,2-3,6-7,9,15-17H2,1H3,(H,25,27)/t20-/m1/s1. The van der Waals surface area contributed by atoms with Crippen LogP contribution in [0, 0.1) is 5.92 Å². The minimum absolute atomic E-state index is 0.0287. The normalized spacial score (nSPS) is 17.6. The van der Waals surface area contributed by atoms with Crippen molar-refractivity contribution >= 4 is 23.2 Å². The van der Waals surface area contributed by atoms with E-state index in [1.807, 2.05) is 30.3 Å². The van der Waals surface area contributed by atoms with Crippen LogP contribution in [0.25, 0.3) is 0 Å². The molecule has 0 unspecified atom stereocenters. The molecule has 3 rings (SSSR count). The number of benzene rings is 2. The number of carbonyl (C=O) groups is 1. The Morgan fingerprint density at radius 3 is 2.70 bits per heavy atom. The number of carbonyl (C=O) groups excluding carboxylic acids is 1. The summed E-state index contributed by atoms with van der Waals surface area (Å²) in [5, 5.41) is 3.90. The molecule has 1 aliphatic rings. The van der Waals surface area contributed by atoms with Crippen LogP contribution in [0.3, 0.4) is 0 Å². The van der Waals surface area contributed by atoms with Crippen LogP contribution in [0.4, 0.5) is 5.69 Å². The van der Waals surface area contributed by atoms with Crippen molar-refractivity contribution in [3.05, 3.63) is 64.7 Å². The van der Waals surface area contributed by atoms with Crippen LogP contribution in [0.1, 0.15) is 43.7 Å². The third-order valence-electron chi connectivity index (χ3n) is 5.27. The number of halogens is 1. The number of anilines is 1. The van der Waals surface area contributed by atoms with Crippen LogP contribution in [0.15, 0.2) is 48.5 Å². The summed E-state index contributed by atoms with van der Waals surface area (Å²) < 4.78 is 0. The Bertz CT molecular complexity index is 744. The van der Waals surface area contributed by atoms with E-state index in [1.54, 1.807) is 0 Å². The maximum Gasteiger partial charge on any atom is 0.228 e. The molecule has 2 aromatic carbocycles. The van der Waals surface area contributed by atoms with Crippen molar-refractivity contribution in [3.63, 3.8) is 0 Å². The van der Waals surface area contributed by atoms with Crippen molar-refractivity contribution in [1.82, 2.24) is 4.90 Å².